The maximum absolute atomic E-state index is 13.0. The van der Waals surface area contributed by atoms with E-state index in [1.54, 1.807) is 0 Å². The van der Waals surface area contributed by atoms with Gasteiger partial charge in [0.05, 0.1) is 19.4 Å². The van der Waals surface area contributed by atoms with Gasteiger partial charge in [-0.15, -0.1) is 0 Å². The van der Waals surface area contributed by atoms with Crippen molar-refractivity contribution in [3.8, 4) is 0 Å². The summed E-state index contributed by atoms with van der Waals surface area (Å²) < 4.78 is 0. The SMILES string of the molecule is NCCCCC(NC(=O)C(Cc1cnc[nH]1)NC(=O)C(N)CO)C(=O)NC(CC(=O)O)C(=O)O. The van der Waals surface area contributed by atoms with Gasteiger partial charge in [-0.05, 0) is 25.8 Å². The minimum Gasteiger partial charge on any atom is -0.481 e. The van der Waals surface area contributed by atoms with Gasteiger partial charge in [-0.25, -0.2) is 9.78 Å². The van der Waals surface area contributed by atoms with Gasteiger partial charge in [-0.2, -0.15) is 0 Å². The number of aliphatic hydroxyl groups excluding tert-OH is 1. The van der Waals surface area contributed by atoms with Crippen molar-refractivity contribution < 1.29 is 39.3 Å². The maximum Gasteiger partial charge on any atom is 0.326 e. The number of carboxylic acid groups (broad SMARTS) is 2. The number of carbonyl (C=O) groups excluding carboxylic acids is 3. The first-order valence-electron chi connectivity index (χ1n) is 10.5. The molecule has 0 saturated heterocycles. The van der Waals surface area contributed by atoms with Gasteiger partial charge in [-0.1, -0.05) is 0 Å². The van der Waals surface area contributed by atoms with Crippen LogP contribution in [0.1, 0.15) is 31.4 Å². The topological polar surface area (TPSA) is 263 Å². The molecule has 34 heavy (non-hydrogen) atoms. The molecule has 1 rings (SSSR count). The van der Waals surface area contributed by atoms with Crippen LogP contribution in [0.4, 0.5) is 0 Å². The van der Waals surface area contributed by atoms with Gasteiger partial charge < -0.3 is 47.7 Å². The van der Waals surface area contributed by atoms with Crippen molar-refractivity contribution in [2.24, 2.45) is 11.5 Å². The highest BCUT2D eigenvalue weighted by Crippen LogP contribution is 2.06. The molecule has 1 heterocycles. The molecule has 15 heteroatoms. The van der Waals surface area contributed by atoms with Crippen molar-refractivity contribution in [2.45, 2.75) is 56.3 Å². The summed E-state index contributed by atoms with van der Waals surface area (Å²) in [6.07, 6.45) is 2.87. The summed E-state index contributed by atoms with van der Waals surface area (Å²) in [5, 5.41) is 34.1. The highest BCUT2D eigenvalue weighted by atomic mass is 16.4. The van der Waals surface area contributed by atoms with Crippen LogP contribution in [0.2, 0.25) is 0 Å². The quantitative estimate of drug-likeness (QED) is 0.103. The fourth-order valence-electron chi connectivity index (χ4n) is 2.87. The Hall–Kier alpha value is -3.56. The zero-order chi connectivity index (χ0) is 25.7. The molecule has 0 aliphatic rings. The van der Waals surface area contributed by atoms with Gasteiger partial charge in [-0.3, -0.25) is 19.2 Å². The van der Waals surface area contributed by atoms with E-state index in [4.69, 9.17) is 21.7 Å². The molecule has 3 amide bonds. The van der Waals surface area contributed by atoms with E-state index in [0.29, 0.717) is 25.1 Å². The van der Waals surface area contributed by atoms with E-state index in [1.807, 2.05) is 0 Å². The number of hydrogen-bond acceptors (Lipinski definition) is 9. The molecule has 15 nitrogen and oxygen atoms in total. The van der Waals surface area contributed by atoms with Crippen LogP contribution in [0, 0.1) is 0 Å². The lowest BCUT2D eigenvalue weighted by molar-refractivity contribution is -0.147. The maximum atomic E-state index is 13.0. The molecule has 4 atom stereocenters. The van der Waals surface area contributed by atoms with Crippen LogP contribution in [0.15, 0.2) is 12.5 Å². The second kappa shape index (κ2) is 14.6. The van der Waals surface area contributed by atoms with Gasteiger partial charge >= 0.3 is 11.9 Å². The summed E-state index contributed by atoms with van der Waals surface area (Å²) in [4.78, 5) is 66.7. The van der Waals surface area contributed by atoms with Crippen LogP contribution in [0.5, 0.6) is 0 Å². The number of aromatic nitrogens is 2. The molecule has 0 spiro atoms. The molecule has 0 aliphatic carbocycles. The second-order valence-electron chi connectivity index (χ2n) is 7.47. The number of imidazole rings is 1. The van der Waals surface area contributed by atoms with Gasteiger partial charge in [0, 0.05) is 18.3 Å². The smallest absolute Gasteiger partial charge is 0.326 e. The Morgan fingerprint density at radius 2 is 1.59 bits per heavy atom. The molecule has 4 unspecified atom stereocenters. The molecule has 0 saturated carbocycles. The molecular formula is C19H31N7O8. The van der Waals surface area contributed by atoms with E-state index >= 15 is 0 Å². The number of hydrogen-bond donors (Lipinski definition) is 9. The molecule has 0 bridgehead atoms. The number of carboxylic acids is 2. The van der Waals surface area contributed by atoms with E-state index in [1.165, 1.54) is 12.5 Å². The minimum atomic E-state index is -1.71. The van der Waals surface area contributed by atoms with Crippen molar-refractivity contribution in [3.05, 3.63) is 18.2 Å². The van der Waals surface area contributed by atoms with Crippen LogP contribution >= 0.6 is 0 Å². The normalized spacial score (nSPS) is 14.3. The monoisotopic (exact) mass is 485 g/mol. The van der Waals surface area contributed by atoms with Gasteiger partial charge in [0.25, 0.3) is 0 Å². The number of rotatable bonds is 16. The molecule has 1 aromatic rings. The zero-order valence-corrected chi connectivity index (χ0v) is 18.4. The molecular weight excluding hydrogens is 454 g/mol. The number of nitrogens with two attached hydrogens (primary N) is 2. The van der Waals surface area contributed by atoms with Crippen molar-refractivity contribution in [3.63, 3.8) is 0 Å². The van der Waals surface area contributed by atoms with E-state index in [2.05, 4.69) is 25.9 Å². The van der Waals surface area contributed by atoms with Gasteiger partial charge in [0.15, 0.2) is 0 Å². The summed E-state index contributed by atoms with van der Waals surface area (Å²) >= 11 is 0. The molecule has 0 aliphatic heterocycles. The third-order valence-corrected chi connectivity index (χ3v) is 4.72. The lowest BCUT2D eigenvalue weighted by atomic mass is 10.1. The molecule has 190 valence electrons. The Morgan fingerprint density at radius 1 is 0.971 bits per heavy atom. The third kappa shape index (κ3) is 9.93. The van der Waals surface area contributed by atoms with Crippen molar-refractivity contribution in [2.75, 3.05) is 13.2 Å². The average Bonchev–Trinajstić information content (AvgIpc) is 3.29. The number of nitrogens with zero attached hydrogens (tertiary/aromatic N) is 1. The van der Waals surface area contributed by atoms with Crippen LogP contribution in [0.3, 0.4) is 0 Å². The summed E-state index contributed by atoms with van der Waals surface area (Å²) in [7, 11) is 0. The van der Waals surface area contributed by atoms with Crippen molar-refractivity contribution >= 4 is 29.7 Å². The number of nitrogens with one attached hydrogen (secondary N) is 4. The number of amides is 3. The molecule has 0 radical (unpaired) electrons. The Kier molecular flexibility index (Phi) is 12.2. The van der Waals surface area contributed by atoms with E-state index < -0.39 is 66.9 Å². The van der Waals surface area contributed by atoms with Crippen LogP contribution in [-0.2, 0) is 30.4 Å². The highest BCUT2D eigenvalue weighted by Gasteiger charge is 2.31. The third-order valence-electron chi connectivity index (χ3n) is 4.72. The number of carbonyl (C=O) groups is 5. The summed E-state index contributed by atoms with van der Waals surface area (Å²) in [5.74, 6) is -5.48. The first-order chi connectivity index (χ1) is 16.1. The Balaban J connectivity index is 3.03. The number of aromatic amines is 1. The second-order valence-corrected chi connectivity index (χ2v) is 7.47. The fraction of sp³-hybridized carbons (Fsp3) is 0.579. The van der Waals surface area contributed by atoms with E-state index in [-0.39, 0.29) is 12.8 Å². The lowest BCUT2D eigenvalue weighted by Crippen LogP contribution is -2.58. The summed E-state index contributed by atoms with van der Waals surface area (Å²) in [6.45, 7) is -0.342. The Labute approximate surface area is 194 Å². The van der Waals surface area contributed by atoms with E-state index in [0.717, 1.165) is 0 Å². The summed E-state index contributed by atoms with van der Waals surface area (Å²) in [5.41, 5.74) is 11.4. The largest absolute Gasteiger partial charge is 0.481 e. The molecule has 11 N–H and O–H groups in total. The van der Waals surface area contributed by atoms with Crippen LogP contribution < -0.4 is 27.4 Å². The number of unbranched alkanes of at least 4 members (excludes halogenated alkanes) is 1. The Morgan fingerprint density at radius 3 is 2.12 bits per heavy atom. The first kappa shape index (κ1) is 28.5. The number of aliphatic carboxylic acids is 2. The Bertz CT molecular complexity index is 833. The van der Waals surface area contributed by atoms with Crippen LogP contribution in [-0.4, -0.2) is 92.3 Å². The van der Waals surface area contributed by atoms with E-state index in [9.17, 15) is 29.1 Å². The average molecular weight is 485 g/mol. The predicted molar refractivity (Wildman–Crippen MR) is 116 cm³/mol. The van der Waals surface area contributed by atoms with Crippen molar-refractivity contribution in [1.29, 1.82) is 0 Å². The first-order valence-corrected chi connectivity index (χ1v) is 10.5. The summed E-state index contributed by atoms with van der Waals surface area (Å²) in [6, 6.07) is -5.44. The highest BCUT2D eigenvalue weighted by molar-refractivity contribution is 5.94. The molecule has 0 aromatic carbocycles. The van der Waals surface area contributed by atoms with Gasteiger partial charge in [0.1, 0.15) is 24.2 Å². The minimum absolute atomic E-state index is 0.0520. The van der Waals surface area contributed by atoms with Crippen LogP contribution in [0.25, 0.3) is 0 Å². The number of H-pyrrole nitrogens is 1. The lowest BCUT2D eigenvalue weighted by Gasteiger charge is -2.24. The van der Waals surface area contributed by atoms with Crippen molar-refractivity contribution in [1.82, 2.24) is 25.9 Å². The molecule has 0 fully saturated rings. The predicted octanol–water partition coefficient (Wildman–Crippen LogP) is -3.59. The zero-order valence-electron chi connectivity index (χ0n) is 18.4. The van der Waals surface area contributed by atoms with Gasteiger partial charge in [0.2, 0.25) is 17.7 Å². The molecule has 1 aromatic heterocycles. The standard InChI is InChI=1S/C19H31N7O8/c20-4-2-1-3-12(17(31)26-14(19(33)34)6-15(28)29)24-18(32)13(5-10-7-22-9-23-10)25-16(30)11(21)8-27/h7,9,11-14,27H,1-6,8,20-21H2,(H,22,23)(H,24,32)(H,25,30)(H,26,31)(H,28,29)(H,33,34). The number of aliphatic hydroxyl groups is 1. The fourth-order valence-corrected chi connectivity index (χ4v) is 2.87.